The van der Waals surface area contributed by atoms with Crippen molar-refractivity contribution in [2.45, 2.75) is 12.5 Å². The summed E-state index contributed by atoms with van der Waals surface area (Å²) in [5.74, 6) is -2.68. The summed E-state index contributed by atoms with van der Waals surface area (Å²) in [6.45, 7) is 0. The Morgan fingerprint density at radius 3 is 2.57 bits per heavy atom. The SMILES string of the molecule is COc1cc(I)c(Cl)cc1C(=O)N[C@H](CC(N)=O)C(=O)O. The maximum absolute atomic E-state index is 12.1. The first-order valence-corrected chi connectivity index (χ1v) is 7.07. The summed E-state index contributed by atoms with van der Waals surface area (Å²) in [7, 11) is 1.37. The molecule has 21 heavy (non-hydrogen) atoms. The van der Waals surface area contributed by atoms with Crippen LogP contribution >= 0.6 is 34.2 Å². The van der Waals surface area contributed by atoms with Gasteiger partial charge in [0, 0.05) is 3.57 Å². The van der Waals surface area contributed by atoms with Crippen LogP contribution in [0.15, 0.2) is 12.1 Å². The predicted octanol–water partition coefficient (Wildman–Crippen LogP) is 1.01. The molecule has 1 atom stereocenters. The Hall–Kier alpha value is -1.55. The summed E-state index contributed by atoms with van der Waals surface area (Å²) in [5, 5.41) is 11.5. The van der Waals surface area contributed by atoms with E-state index in [1.807, 2.05) is 22.6 Å². The minimum atomic E-state index is -1.42. The van der Waals surface area contributed by atoms with Gasteiger partial charge >= 0.3 is 5.97 Å². The van der Waals surface area contributed by atoms with Crippen LogP contribution in [0.3, 0.4) is 0 Å². The van der Waals surface area contributed by atoms with Crippen molar-refractivity contribution in [1.82, 2.24) is 5.32 Å². The lowest BCUT2D eigenvalue weighted by Gasteiger charge is -2.15. The molecule has 0 fully saturated rings. The second kappa shape index (κ2) is 7.46. The first-order chi connectivity index (χ1) is 9.76. The Labute approximate surface area is 138 Å². The van der Waals surface area contributed by atoms with Gasteiger partial charge in [0.2, 0.25) is 5.91 Å². The van der Waals surface area contributed by atoms with Gasteiger partial charge in [-0.05, 0) is 34.7 Å². The molecule has 0 aromatic heterocycles. The van der Waals surface area contributed by atoms with Crippen LogP contribution in [-0.4, -0.2) is 36.0 Å². The second-order valence-electron chi connectivity index (χ2n) is 4.00. The summed E-state index contributed by atoms with van der Waals surface area (Å²) < 4.78 is 5.74. The molecule has 0 spiro atoms. The smallest absolute Gasteiger partial charge is 0.326 e. The second-order valence-corrected chi connectivity index (χ2v) is 5.57. The summed E-state index contributed by atoms with van der Waals surface area (Å²) in [5.41, 5.74) is 5.01. The van der Waals surface area contributed by atoms with Crippen molar-refractivity contribution in [3.05, 3.63) is 26.3 Å². The van der Waals surface area contributed by atoms with E-state index in [0.717, 1.165) is 0 Å². The van der Waals surface area contributed by atoms with Gasteiger partial charge < -0.3 is 20.9 Å². The molecule has 2 amide bonds. The number of amides is 2. The van der Waals surface area contributed by atoms with E-state index in [1.54, 1.807) is 6.07 Å². The topological polar surface area (TPSA) is 119 Å². The van der Waals surface area contributed by atoms with Crippen LogP contribution in [0.1, 0.15) is 16.8 Å². The number of rotatable bonds is 6. The number of carbonyl (C=O) groups is 3. The zero-order valence-electron chi connectivity index (χ0n) is 10.9. The third kappa shape index (κ3) is 4.74. The largest absolute Gasteiger partial charge is 0.496 e. The number of hydrogen-bond acceptors (Lipinski definition) is 4. The zero-order chi connectivity index (χ0) is 16.2. The van der Waals surface area contributed by atoms with Crippen molar-refractivity contribution >= 4 is 52.0 Å². The van der Waals surface area contributed by atoms with Crippen molar-refractivity contribution in [3.63, 3.8) is 0 Å². The molecule has 1 rings (SSSR count). The van der Waals surface area contributed by atoms with E-state index in [2.05, 4.69) is 5.32 Å². The maximum atomic E-state index is 12.1. The molecule has 0 aliphatic rings. The number of nitrogens with two attached hydrogens (primary N) is 1. The molecule has 4 N–H and O–H groups in total. The van der Waals surface area contributed by atoms with E-state index in [0.29, 0.717) is 8.59 Å². The molecule has 0 unspecified atom stereocenters. The van der Waals surface area contributed by atoms with Gasteiger partial charge in [-0.2, -0.15) is 0 Å². The molecule has 7 nitrogen and oxygen atoms in total. The number of halogens is 2. The molecule has 1 aromatic rings. The zero-order valence-corrected chi connectivity index (χ0v) is 13.8. The molecular formula is C12H12ClIN2O5. The van der Waals surface area contributed by atoms with Gasteiger partial charge in [-0.1, -0.05) is 11.6 Å². The molecule has 0 saturated heterocycles. The normalized spacial score (nSPS) is 11.6. The summed E-state index contributed by atoms with van der Waals surface area (Å²) in [6, 6.07) is 1.49. The molecule has 0 saturated carbocycles. The Morgan fingerprint density at radius 1 is 1.48 bits per heavy atom. The number of nitrogens with one attached hydrogen (secondary N) is 1. The Kier molecular flexibility index (Phi) is 6.21. The van der Waals surface area contributed by atoms with Gasteiger partial charge in [-0.25, -0.2) is 4.79 Å². The first kappa shape index (κ1) is 17.5. The highest BCUT2D eigenvalue weighted by atomic mass is 127. The highest BCUT2D eigenvalue weighted by Crippen LogP contribution is 2.28. The van der Waals surface area contributed by atoms with E-state index in [-0.39, 0.29) is 11.3 Å². The lowest BCUT2D eigenvalue weighted by molar-refractivity contribution is -0.140. The van der Waals surface area contributed by atoms with Gasteiger partial charge in [0.1, 0.15) is 11.8 Å². The van der Waals surface area contributed by atoms with Crippen molar-refractivity contribution < 1.29 is 24.2 Å². The monoisotopic (exact) mass is 426 g/mol. The molecule has 0 aliphatic carbocycles. The predicted molar refractivity (Wildman–Crippen MR) is 83.4 cm³/mol. The average molecular weight is 427 g/mol. The maximum Gasteiger partial charge on any atom is 0.326 e. The van der Waals surface area contributed by atoms with Crippen molar-refractivity contribution in [1.29, 1.82) is 0 Å². The standard InChI is InChI=1S/C12H12ClIN2O5/c1-21-9-3-7(14)6(13)2-5(9)11(18)16-8(12(19)20)4-10(15)17/h2-3,8H,4H2,1H3,(H2,15,17)(H,16,18)(H,19,20)/t8-/m1/s1. The highest BCUT2D eigenvalue weighted by molar-refractivity contribution is 14.1. The lowest BCUT2D eigenvalue weighted by Crippen LogP contribution is -2.43. The van der Waals surface area contributed by atoms with Gasteiger partial charge in [0.25, 0.3) is 5.91 Å². The molecular weight excluding hydrogens is 414 g/mol. The van der Waals surface area contributed by atoms with Crippen molar-refractivity contribution in [2.24, 2.45) is 5.73 Å². The third-order valence-electron chi connectivity index (χ3n) is 2.50. The van der Waals surface area contributed by atoms with Crippen LogP contribution < -0.4 is 15.8 Å². The number of benzene rings is 1. The molecule has 0 heterocycles. The molecule has 0 bridgehead atoms. The fourth-order valence-corrected chi connectivity index (χ4v) is 2.11. The number of carboxylic acid groups (broad SMARTS) is 1. The molecule has 0 aliphatic heterocycles. The fourth-order valence-electron chi connectivity index (χ4n) is 1.51. The third-order valence-corrected chi connectivity index (χ3v) is 4.02. The lowest BCUT2D eigenvalue weighted by atomic mass is 10.1. The Morgan fingerprint density at radius 2 is 2.10 bits per heavy atom. The molecule has 114 valence electrons. The summed E-state index contributed by atoms with van der Waals surface area (Å²) >= 11 is 7.90. The van der Waals surface area contributed by atoms with Crippen LogP contribution in [0, 0.1) is 3.57 Å². The number of ether oxygens (including phenoxy) is 1. The number of carboxylic acids is 1. The first-order valence-electron chi connectivity index (χ1n) is 5.61. The van der Waals surface area contributed by atoms with Crippen LogP contribution in [0.2, 0.25) is 5.02 Å². The summed E-state index contributed by atoms with van der Waals surface area (Å²) in [4.78, 5) is 33.9. The fraction of sp³-hybridized carbons (Fsp3) is 0.250. The quantitative estimate of drug-likeness (QED) is 0.587. The number of hydrogen-bond donors (Lipinski definition) is 3. The highest BCUT2D eigenvalue weighted by Gasteiger charge is 2.24. The molecule has 0 radical (unpaired) electrons. The number of primary amides is 1. The van der Waals surface area contributed by atoms with E-state index < -0.39 is 30.2 Å². The van der Waals surface area contributed by atoms with Crippen molar-refractivity contribution in [2.75, 3.05) is 7.11 Å². The van der Waals surface area contributed by atoms with E-state index in [4.69, 9.17) is 27.2 Å². The summed E-state index contributed by atoms with van der Waals surface area (Å²) in [6.07, 6.45) is -0.512. The van der Waals surface area contributed by atoms with E-state index in [1.165, 1.54) is 13.2 Å². The van der Waals surface area contributed by atoms with Gasteiger partial charge in [-0.15, -0.1) is 0 Å². The van der Waals surface area contributed by atoms with Gasteiger partial charge in [-0.3, -0.25) is 9.59 Å². The van der Waals surface area contributed by atoms with E-state index in [9.17, 15) is 14.4 Å². The van der Waals surface area contributed by atoms with Gasteiger partial charge in [0.15, 0.2) is 0 Å². The average Bonchev–Trinajstić information content (AvgIpc) is 2.39. The number of methoxy groups -OCH3 is 1. The minimum absolute atomic E-state index is 0.0682. The van der Waals surface area contributed by atoms with Crippen LogP contribution in [0.4, 0.5) is 0 Å². The van der Waals surface area contributed by atoms with E-state index >= 15 is 0 Å². The molecule has 1 aromatic carbocycles. The Bertz CT molecular complexity index is 593. The van der Waals surface area contributed by atoms with Crippen molar-refractivity contribution in [3.8, 4) is 5.75 Å². The Balaban J connectivity index is 3.05. The minimum Gasteiger partial charge on any atom is -0.496 e. The number of aliphatic carboxylic acids is 1. The van der Waals surface area contributed by atoms with Crippen LogP contribution in [0.25, 0.3) is 0 Å². The van der Waals surface area contributed by atoms with Crippen LogP contribution in [0.5, 0.6) is 5.75 Å². The van der Waals surface area contributed by atoms with Gasteiger partial charge in [0.05, 0.1) is 24.1 Å². The van der Waals surface area contributed by atoms with Crippen LogP contribution in [-0.2, 0) is 9.59 Å². The molecule has 9 heteroatoms. The number of carbonyl (C=O) groups excluding carboxylic acids is 2.